The first-order chi connectivity index (χ1) is 13.7. The molecule has 8 heteroatoms. The first-order valence-electron chi connectivity index (χ1n) is 8.65. The van der Waals surface area contributed by atoms with Crippen molar-refractivity contribution < 1.29 is 18.0 Å². The minimum atomic E-state index is -3.88. The van der Waals surface area contributed by atoms with Crippen LogP contribution in [0.25, 0.3) is 0 Å². The van der Waals surface area contributed by atoms with Gasteiger partial charge in [0.05, 0.1) is 16.1 Å². The maximum atomic E-state index is 12.8. The number of para-hydroxylation sites is 1. The van der Waals surface area contributed by atoms with Gasteiger partial charge in [0, 0.05) is 16.9 Å². The van der Waals surface area contributed by atoms with Gasteiger partial charge in [0.25, 0.3) is 5.91 Å². The number of ketones is 1. The number of carbonyl (C=O) groups is 2. The Bertz CT molecular complexity index is 1190. The lowest BCUT2D eigenvalue weighted by Crippen LogP contribution is -2.15. The Morgan fingerprint density at radius 1 is 0.862 bits per heavy atom. The van der Waals surface area contributed by atoms with Crippen LogP contribution in [0.4, 0.5) is 17.1 Å². The summed E-state index contributed by atoms with van der Waals surface area (Å²) in [5, 5.41) is 11.0. The van der Waals surface area contributed by atoms with E-state index in [-0.39, 0.29) is 10.7 Å². The van der Waals surface area contributed by atoms with Gasteiger partial charge in [0.2, 0.25) is 10.0 Å². The molecule has 0 unspecified atom stereocenters. The summed E-state index contributed by atoms with van der Waals surface area (Å²) in [6.45, 7) is 1.48. The molecule has 0 spiro atoms. The predicted octanol–water partition coefficient (Wildman–Crippen LogP) is 3.53. The lowest BCUT2D eigenvalue weighted by atomic mass is 10.1. The van der Waals surface area contributed by atoms with Gasteiger partial charge in [-0.05, 0) is 49.4 Å². The number of Topliss-reactive ketones (excluding diaryl/α,β-unsaturated/α-hetero) is 1. The number of primary sulfonamides is 1. The fraction of sp³-hybridized carbons (Fsp3) is 0.0476. The van der Waals surface area contributed by atoms with E-state index in [1.807, 2.05) is 0 Å². The Hall–Kier alpha value is -3.49. The second-order valence-electron chi connectivity index (χ2n) is 6.33. The van der Waals surface area contributed by atoms with Gasteiger partial charge < -0.3 is 10.6 Å². The zero-order valence-corrected chi connectivity index (χ0v) is 16.4. The van der Waals surface area contributed by atoms with Crippen LogP contribution in [-0.4, -0.2) is 20.1 Å². The maximum Gasteiger partial charge on any atom is 0.257 e. The molecule has 0 aliphatic rings. The van der Waals surface area contributed by atoms with Crippen LogP contribution in [-0.2, 0) is 10.0 Å². The number of hydrogen-bond acceptors (Lipinski definition) is 5. The molecule has 29 heavy (non-hydrogen) atoms. The van der Waals surface area contributed by atoms with Crippen molar-refractivity contribution in [2.24, 2.45) is 5.14 Å². The summed E-state index contributed by atoms with van der Waals surface area (Å²) < 4.78 is 23.0. The van der Waals surface area contributed by atoms with Gasteiger partial charge in [-0.3, -0.25) is 9.59 Å². The van der Waals surface area contributed by atoms with Crippen LogP contribution in [0.2, 0.25) is 0 Å². The molecule has 0 aliphatic carbocycles. The van der Waals surface area contributed by atoms with Gasteiger partial charge in [0.1, 0.15) is 0 Å². The quantitative estimate of drug-likeness (QED) is 0.538. The highest BCUT2D eigenvalue weighted by Crippen LogP contribution is 2.23. The monoisotopic (exact) mass is 409 g/mol. The predicted molar refractivity (Wildman–Crippen MR) is 112 cm³/mol. The molecule has 3 rings (SSSR count). The van der Waals surface area contributed by atoms with Crippen molar-refractivity contribution >= 4 is 38.8 Å². The summed E-state index contributed by atoms with van der Waals surface area (Å²) in [7, 11) is -3.88. The van der Waals surface area contributed by atoms with E-state index in [4.69, 9.17) is 5.14 Å². The van der Waals surface area contributed by atoms with Crippen molar-refractivity contribution in [3.05, 3.63) is 83.9 Å². The number of nitrogens with one attached hydrogen (secondary N) is 2. The maximum absolute atomic E-state index is 12.8. The number of nitrogens with two attached hydrogens (primary N) is 1. The molecule has 148 valence electrons. The van der Waals surface area contributed by atoms with E-state index in [2.05, 4.69) is 10.6 Å². The highest BCUT2D eigenvalue weighted by atomic mass is 32.2. The first-order valence-corrected chi connectivity index (χ1v) is 10.2. The average Bonchev–Trinajstić information content (AvgIpc) is 2.68. The third kappa shape index (κ3) is 5.07. The van der Waals surface area contributed by atoms with E-state index in [0.29, 0.717) is 28.2 Å². The molecule has 0 fully saturated rings. The molecular formula is C21H19N3O4S. The summed E-state index contributed by atoms with van der Waals surface area (Å²) >= 11 is 0. The number of benzene rings is 3. The standard InChI is InChI=1S/C21H19N3O4S/c1-14(25)15-6-4-7-16(12-15)23-20-11-3-2-10-19(20)21(26)24-17-8-5-9-18(13-17)29(22,27)28/h2-13,23H,1H3,(H,24,26)(H2,22,27,28). The van der Waals surface area contributed by atoms with E-state index in [1.54, 1.807) is 54.6 Å². The minimum absolute atomic E-state index is 0.0607. The summed E-state index contributed by atoms with van der Waals surface area (Å²) in [5.74, 6) is -0.489. The fourth-order valence-corrected chi connectivity index (χ4v) is 3.27. The van der Waals surface area contributed by atoms with Crippen LogP contribution in [0.3, 0.4) is 0 Å². The van der Waals surface area contributed by atoms with E-state index in [9.17, 15) is 18.0 Å². The zero-order chi connectivity index (χ0) is 21.0. The Morgan fingerprint density at radius 2 is 1.55 bits per heavy atom. The Morgan fingerprint density at radius 3 is 2.28 bits per heavy atom. The molecule has 1 amide bonds. The molecule has 0 atom stereocenters. The topological polar surface area (TPSA) is 118 Å². The smallest absolute Gasteiger partial charge is 0.257 e. The van der Waals surface area contributed by atoms with Gasteiger partial charge in [-0.2, -0.15) is 0 Å². The van der Waals surface area contributed by atoms with Crippen molar-refractivity contribution in [1.82, 2.24) is 0 Å². The number of hydrogen-bond donors (Lipinski definition) is 3. The molecule has 0 aromatic heterocycles. The molecular weight excluding hydrogens is 390 g/mol. The van der Waals surface area contributed by atoms with Crippen molar-refractivity contribution in [3.63, 3.8) is 0 Å². The van der Waals surface area contributed by atoms with Crippen LogP contribution in [0.5, 0.6) is 0 Å². The number of carbonyl (C=O) groups excluding carboxylic acids is 2. The van der Waals surface area contributed by atoms with Crippen LogP contribution < -0.4 is 15.8 Å². The van der Waals surface area contributed by atoms with E-state index in [1.165, 1.54) is 25.1 Å². The Balaban J connectivity index is 1.86. The molecule has 0 saturated carbocycles. The highest BCUT2D eigenvalue weighted by Gasteiger charge is 2.14. The van der Waals surface area contributed by atoms with E-state index >= 15 is 0 Å². The molecule has 3 aromatic rings. The fourth-order valence-electron chi connectivity index (χ4n) is 2.71. The number of sulfonamides is 1. The van der Waals surface area contributed by atoms with E-state index in [0.717, 1.165) is 0 Å². The van der Waals surface area contributed by atoms with Gasteiger partial charge >= 0.3 is 0 Å². The minimum Gasteiger partial charge on any atom is -0.355 e. The molecule has 3 aromatic carbocycles. The van der Waals surface area contributed by atoms with Gasteiger partial charge in [-0.15, -0.1) is 0 Å². The average molecular weight is 409 g/mol. The Kier molecular flexibility index (Phi) is 5.76. The van der Waals surface area contributed by atoms with Gasteiger partial charge in [-0.25, -0.2) is 13.6 Å². The molecule has 0 heterocycles. The van der Waals surface area contributed by atoms with Crippen LogP contribution >= 0.6 is 0 Å². The van der Waals surface area contributed by atoms with Crippen molar-refractivity contribution in [1.29, 1.82) is 0 Å². The van der Waals surface area contributed by atoms with E-state index < -0.39 is 15.9 Å². The molecule has 4 N–H and O–H groups in total. The van der Waals surface area contributed by atoms with Crippen molar-refractivity contribution in [2.75, 3.05) is 10.6 Å². The molecule has 0 bridgehead atoms. The van der Waals surface area contributed by atoms with Crippen LogP contribution in [0.1, 0.15) is 27.6 Å². The lowest BCUT2D eigenvalue weighted by molar-refractivity contribution is 0.101. The van der Waals surface area contributed by atoms with Crippen molar-refractivity contribution in [3.8, 4) is 0 Å². The molecule has 0 radical (unpaired) electrons. The second kappa shape index (κ2) is 8.26. The number of amides is 1. The Labute approximate surface area is 168 Å². The summed E-state index contributed by atoms with van der Waals surface area (Å²) in [5.41, 5.74) is 2.40. The second-order valence-corrected chi connectivity index (χ2v) is 7.90. The van der Waals surface area contributed by atoms with Crippen molar-refractivity contribution in [2.45, 2.75) is 11.8 Å². The molecule has 0 saturated heterocycles. The summed E-state index contributed by atoms with van der Waals surface area (Å²) in [4.78, 5) is 24.3. The van der Waals surface area contributed by atoms with Crippen LogP contribution in [0.15, 0.2) is 77.7 Å². The van der Waals surface area contributed by atoms with Gasteiger partial charge in [0.15, 0.2) is 5.78 Å². The third-order valence-corrected chi connectivity index (χ3v) is 5.05. The first kappa shape index (κ1) is 20.2. The lowest BCUT2D eigenvalue weighted by Gasteiger charge is -2.13. The normalized spacial score (nSPS) is 11.0. The SMILES string of the molecule is CC(=O)c1cccc(Nc2ccccc2C(=O)Nc2cccc(S(N)(=O)=O)c2)c1. The zero-order valence-electron chi connectivity index (χ0n) is 15.5. The number of anilines is 3. The van der Waals surface area contributed by atoms with Crippen LogP contribution in [0, 0.1) is 0 Å². The molecule has 0 aliphatic heterocycles. The number of rotatable bonds is 6. The molecule has 7 nitrogen and oxygen atoms in total. The highest BCUT2D eigenvalue weighted by molar-refractivity contribution is 7.89. The van der Waals surface area contributed by atoms with Gasteiger partial charge in [-0.1, -0.05) is 30.3 Å². The third-order valence-electron chi connectivity index (χ3n) is 4.14. The summed E-state index contributed by atoms with van der Waals surface area (Å²) in [6.07, 6.45) is 0. The summed E-state index contributed by atoms with van der Waals surface area (Å²) in [6, 6.07) is 19.5. The largest absolute Gasteiger partial charge is 0.355 e.